The van der Waals surface area contributed by atoms with E-state index in [1.165, 1.54) is 6.26 Å². The van der Waals surface area contributed by atoms with E-state index in [1.54, 1.807) is 43.3 Å². The van der Waals surface area contributed by atoms with Crippen LogP contribution in [0.25, 0.3) is 0 Å². The fourth-order valence-corrected chi connectivity index (χ4v) is 1.94. The number of rotatable bonds is 4. The van der Waals surface area contributed by atoms with Crippen LogP contribution in [0.15, 0.2) is 47.1 Å². The number of aliphatic carboxylic acids is 1. The molecule has 4 nitrogen and oxygen atoms in total. The van der Waals surface area contributed by atoms with Crippen molar-refractivity contribution in [2.75, 3.05) is 5.73 Å². The molecule has 0 saturated carbocycles. The van der Waals surface area contributed by atoms with Crippen molar-refractivity contribution < 1.29 is 14.3 Å². The van der Waals surface area contributed by atoms with Gasteiger partial charge in [-0.3, -0.25) is 4.79 Å². The van der Waals surface area contributed by atoms with Gasteiger partial charge in [-0.05, 0) is 36.8 Å². The summed E-state index contributed by atoms with van der Waals surface area (Å²) >= 11 is 0. The van der Waals surface area contributed by atoms with E-state index in [2.05, 4.69) is 0 Å². The van der Waals surface area contributed by atoms with Gasteiger partial charge in [-0.1, -0.05) is 12.1 Å². The van der Waals surface area contributed by atoms with Crippen LogP contribution in [-0.4, -0.2) is 11.1 Å². The molecule has 0 radical (unpaired) electrons. The van der Waals surface area contributed by atoms with Crippen molar-refractivity contribution in [3.8, 4) is 0 Å². The van der Waals surface area contributed by atoms with E-state index in [0.717, 1.165) is 0 Å². The summed E-state index contributed by atoms with van der Waals surface area (Å²) in [5, 5.41) is 9.49. The molecule has 0 bridgehead atoms. The second-order valence-electron chi connectivity index (χ2n) is 4.52. The minimum Gasteiger partial charge on any atom is -0.481 e. The molecule has 2 aromatic rings. The normalized spacial score (nSPS) is 14.1. The maximum absolute atomic E-state index is 11.6. The molecule has 3 N–H and O–H groups in total. The second kappa shape index (κ2) is 4.56. The van der Waals surface area contributed by atoms with Crippen LogP contribution in [0.1, 0.15) is 18.2 Å². The van der Waals surface area contributed by atoms with Crippen molar-refractivity contribution in [2.24, 2.45) is 0 Å². The first-order valence-electron chi connectivity index (χ1n) is 5.64. The van der Waals surface area contributed by atoms with Gasteiger partial charge in [0.1, 0.15) is 5.76 Å². The van der Waals surface area contributed by atoms with Crippen molar-refractivity contribution in [3.63, 3.8) is 0 Å². The number of nitrogen functional groups attached to an aromatic ring is 1. The maximum Gasteiger partial charge on any atom is 0.314 e. The highest BCUT2D eigenvalue weighted by Crippen LogP contribution is 2.30. The van der Waals surface area contributed by atoms with Gasteiger partial charge in [-0.25, -0.2) is 0 Å². The summed E-state index contributed by atoms with van der Waals surface area (Å²) in [6.45, 7) is 1.67. The predicted octanol–water partition coefficient (Wildman–Crippen LogP) is 2.45. The Bertz CT molecular complexity index is 548. The van der Waals surface area contributed by atoms with E-state index in [4.69, 9.17) is 10.2 Å². The van der Waals surface area contributed by atoms with Gasteiger partial charge in [0.05, 0.1) is 11.7 Å². The molecule has 1 aromatic carbocycles. The van der Waals surface area contributed by atoms with Crippen molar-refractivity contribution in [1.82, 2.24) is 0 Å². The van der Waals surface area contributed by atoms with Gasteiger partial charge in [-0.15, -0.1) is 0 Å². The molecule has 2 rings (SSSR count). The second-order valence-corrected chi connectivity index (χ2v) is 4.52. The van der Waals surface area contributed by atoms with Gasteiger partial charge in [-0.2, -0.15) is 0 Å². The van der Waals surface area contributed by atoms with Crippen molar-refractivity contribution in [2.45, 2.75) is 18.8 Å². The average Bonchev–Trinajstić information content (AvgIpc) is 2.81. The highest BCUT2D eigenvalue weighted by molar-refractivity contribution is 5.81. The summed E-state index contributed by atoms with van der Waals surface area (Å²) < 4.78 is 5.24. The minimum atomic E-state index is -1.05. The summed E-state index contributed by atoms with van der Waals surface area (Å²) in [4.78, 5) is 11.6. The third kappa shape index (κ3) is 2.22. The number of hydrogen-bond acceptors (Lipinski definition) is 3. The van der Waals surface area contributed by atoms with Gasteiger partial charge < -0.3 is 15.3 Å². The summed E-state index contributed by atoms with van der Waals surface area (Å²) in [6, 6.07) is 10.5. The Hall–Kier alpha value is -2.23. The fourth-order valence-electron chi connectivity index (χ4n) is 1.94. The molecule has 4 heteroatoms. The lowest BCUT2D eigenvalue weighted by Gasteiger charge is -2.24. The van der Waals surface area contributed by atoms with Crippen LogP contribution in [0.5, 0.6) is 0 Å². The molecule has 0 fully saturated rings. The van der Waals surface area contributed by atoms with E-state index < -0.39 is 11.4 Å². The fraction of sp³-hybridized carbons (Fsp3) is 0.214. The first kappa shape index (κ1) is 12.2. The first-order chi connectivity index (χ1) is 8.52. The largest absolute Gasteiger partial charge is 0.481 e. The summed E-state index contributed by atoms with van der Waals surface area (Å²) in [5.41, 5.74) is 5.89. The highest BCUT2D eigenvalue weighted by atomic mass is 16.4. The molecule has 0 aliphatic rings. The molecule has 1 unspecified atom stereocenters. The Morgan fingerprint density at radius 1 is 1.39 bits per heavy atom. The van der Waals surface area contributed by atoms with Crippen LogP contribution in [0.2, 0.25) is 0 Å². The standard InChI is InChI=1S/C14H15NO3/c1-14(13(16)17,9-12-6-3-7-18-12)10-4-2-5-11(15)8-10/h2-8H,9,15H2,1H3,(H,16,17). The summed E-state index contributed by atoms with van der Waals surface area (Å²) in [5.74, 6) is -0.258. The quantitative estimate of drug-likeness (QED) is 0.811. The Morgan fingerprint density at radius 2 is 2.17 bits per heavy atom. The molecule has 18 heavy (non-hydrogen) atoms. The monoisotopic (exact) mass is 245 g/mol. The van der Waals surface area contributed by atoms with E-state index in [1.807, 2.05) is 0 Å². The number of anilines is 1. The van der Waals surface area contributed by atoms with Crippen LogP contribution in [0.4, 0.5) is 5.69 Å². The molecular weight excluding hydrogens is 230 g/mol. The molecular formula is C14H15NO3. The topological polar surface area (TPSA) is 76.5 Å². The lowest BCUT2D eigenvalue weighted by molar-refractivity contribution is -0.143. The smallest absolute Gasteiger partial charge is 0.314 e. The number of carboxylic acids is 1. The molecule has 0 aliphatic carbocycles. The van der Waals surface area contributed by atoms with E-state index in [9.17, 15) is 9.90 Å². The Morgan fingerprint density at radius 3 is 2.72 bits per heavy atom. The number of furan rings is 1. The van der Waals surface area contributed by atoms with Gasteiger partial charge in [0.15, 0.2) is 0 Å². The molecule has 0 amide bonds. The van der Waals surface area contributed by atoms with Crippen LogP contribution in [0, 0.1) is 0 Å². The van der Waals surface area contributed by atoms with Gasteiger partial charge in [0, 0.05) is 12.1 Å². The molecule has 0 spiro atoms. The zero-order valence-electron chi connectivity index (χ0n) is 10.1. The van der Waals surface area contributed by atoms with Crippen LogP contribution in [-0.2, 0) is 16.6 Å². The minimum absolute atomic E-state index is 0.290. The average molecular weight is 245 g/mol. The van der Waals surface area contributed by atoms with E-state index in [0.29, 0.717) is 23.4 Å². The predicted molar refractivity (Wildman–Crippen MR) is 68.3 cm³/mol. The molecule has 1 aromatic heterocycles. The van der Waals surface area contributed by atoms with Crippen molar-refractivity contribution in [3.05, 3.63) is 54.0 Å². The van der Waals surface area contributed by atoms with E-state index >= 15 is 0 Å². The summed E-state index contributed by atoms with van der Waals surface area (Å²) in [7, 11) is 0. The molecule has 0 aliphatic heterocycles. The Balaban J connectivity index is 2.41. The number of hydrogen-bond donors (Lipinski definition) is 2. The number of carbonyl (C=O) groups is 1. The zero-order chi connectivity index (χ0) is 13.2. The van der Waals surface area contributed by atoms with Gasteiger partial charge in [0.25, 0.3) is 0 Å². The molecule has 94 valence electrons. The maximum atomic E-state index is 11.6. The SMILES string of the molecule is CC(Cc1ccco1)(C(=O)O)c1cccc(N)c1. The molecule has 0 saturated heterocycles. The van der Waals surface area contributed by atoms with Gasteiger partial charge >= 0.3 is 5.97 Å². The van der Waals surface area contributed by atoms with Crippen LogP contribution in [0.3, 0.4) is 0 Å². The molecule has 1 atom stereocenters. The van der Waals surface area contributed by atoms with Crippen LogP contribution >= 0.6 is 0 Å². The molecule has 1 heterocycles. The highest BCUT2D eigenvalue weighted by Gasteiger charge is 2.36. The zero-order valence-corrected chi connectivity index (χ0v) is 10.1. The third-order valence-corrected chi connectivity index (χ3v) is 3.10. The lowest BCUT2D eigenvalue weighted by atomic mass is 9.78. The number of benzene rings is 1. The van der Waals surface area contributed by atoms with Gasteiger partial charge in [0.2, 0.25) is 0 Å². The third-order valence-electron chi connectivity index (χ3n) is 3.10. The van der Waals surface area contributed by atoms with E-state index in [-0.39, 0.29) is 0 Å². The lowest BCUT2D eigenvalue weighted by Crippen LogP contribution is -2.34. The number of carboxylic acid groups (broad SMARTS) is 1. The number of nitrogens with two attached hydrogens (primary N) is 1. The van der Waals surface area contributed by atoms with Crippen LogP contribution < -0.4 is 5.73 Å². The van der Waals surface area contributed by atoms with Crippen molar-refractivity contribution in [1.29, 1.82) is 0 Å². The Labute approximate surface area is 105 Å². The summed E-state index contributed by atoms with van der Waals surface area (Å²) in [6.07, 6.45) is 1.83. The van der Waals surface area contributed by atoms with Crippen molar-refractivity contribution >= 4 is 11.7 Å². The first-order valence-corrected chi connectivity index (χ1v) is 5.64. The Kier molecular flexibility index (Phi) is 3.10.